The molecule has 0 fully saturated rings. The van der Waals surface area contributed by atoms with E-state index in [1.807, 2.05) is 61.5 Å². The van der Waals surface area contributed by atoms with E-state index in [4.69, 9.17) is 20.9 Å². The maximum atomic E-state index is 10.5. The van der Waals surface area contributed by atoms with Gasteiger partial charge < -0.3 is 26.3 Å². The summed E-state index contributed by atoms with van der Waals surface area (Å²) in [6, 6.07) is 22.5. The Kier molecular flexibility index (Phi) is 10.2. The first-order valence-corrected chi connectivity index (χ1v) is 8.98. The van der Waals surface area contributed by atoms with Crippen LogP contribution in [0.4, 0.5) is 17.1 Å². The number of benzene rings is 3. The van der Waals surface area contributed by atoms with Crippen molar-refractivity contribution >= 4 is 23.0 Å². The smallest absolute Gasteiger partial charge is 0.221 e. The van der Waals surface area contributed by atoms with Crippen molar-refractivity contribution in [3.8, 4) is 11.5 Å². The van der Waals surface area contributed by atoms with E-state index >= 15 is 0 Å². The SMILES string of the molecule is CC(=O)Nc1ccccc1.COc1ccc(OC)c(N)c1.Cc1ccccc1N. The number of carbonyl (C=O) groups excluding carboxylic acids is 1. The number of para-hydroxylation sites is 2. The van der Waals surface area contributed by atoms with Gasteiger partial charge >= 0.3 is 0 Å². The maximum absolute atomic E-state index is 10.5. The van der Waals surface area contributed by atoms with E-state index in [1.54, 1.807) is 32.4 Å². The number of anilines is 3. The molecule has 0 heterocycles. The van der Waals surface area contributed by atoms with Crippen molar-refractivity contribution in [3.05, 3.63) is 78.4 Å². The van der Waals surface area contributed by atoms with Crippen LogP contribution >= 0.6 is 0 Å². The molecule has 3 rings (SSSR count). The molecule has 0 aliphatic rings. The van der Waals surface area contributed by atoms with Crippen molar-refractivity contribution in [3.63, 3.8) is 0 Å². The number of hydrogen-bond donors (Lipinski definition) is 3. The molecule has 0 saturated heterocycles. The number of nitrogens with two attached hydrogens (primary N) is 2. The van der Waals surface area contributed by atoms with Gasteiger partial charge in [-0.15, -0.1) is 0 Å². The molecule has 1 amide bonds. The Balaban J connectivity index is 0.000000220. The lowest BCUT2D eigenvalue weighted by molar-refractivity contribution is -0.114. The number of rotatable bonds is 3. The van der Waals surface area contributed by atoms with Gasteiger partial charge in [0.1, 0.15) is 11.5 Å². The molecule has 3 aromatic rings. The van der Waals surface area contributed by atoms with Crippen LogP contribution in [0.5, 0.6) is 11.5 Å². The zero-order chi connectivity index (χ0) is 21.6. The summed E-state index contributed by atoms with van der Waals surface area (Å²) in [5, 5.41) is 2.67. The summed E-state index contributed by atoms with van der Waals surface area (Å²) in [6.07, 6.45) is 0. The zero-order valence-corrected chi connectivity index (χ0v) is 17.3. The van der Waals surface area contributed by atoms with E-state index in [2.05, 4.69) is 5.32 Å². The average molecular weight is 396 g/mol. The van der Waals surface area contributed by atoms with E-state index in [-0.39, 0.29) is 5.91 Å². The molecule has 0 atom stereocenters. The third kappa shape index (κ3) is 9.19. The molecule has 29 heavy (non-hydrogen) atoms. The molecule has 0 saturated carbocycles. The summed E-state index contributed by atoms with van der Waals surface area (Å²) >= 11 is 0. The van der Waals surface area contributed by atoms with E-state index in [1.165, 1.54) is 6.92 Å². The van der Waals surface area contributed by atoms with Crippen LogP contribution in [-0.4, -0.2) is 20.1 Å². The van der Waals surface area contributed by atoms with Crippen LogP contribution in [0.15, 0.2) is 72.8 Å². The predicted octanol–water partition coefficient (Wildman–Crippen LogP) is 4.51. The third-order valence-corrected chi connectivity index (χ3v) is 3.72. The Morgan fingerprint density at radius 2 is 1.45 bits per heavy atom. The molecule has 3 aromatic carbocycles. The zero-order valence-electron chi connectivity index (χ0n) is 17.3. The molecule has 0 aliphatic heterocycles. The van der Waals surface area contributed by atoms with Crippen LogP contribution in [0.2, 0.25) is 0 Å². The van der Waals surface area contributed by atoms with Crippen LogP contribution in [0.25, 0.3) is 0 Å². The van der Waals surface area contributed by atoms with Gasteiger partial charge in [-0.05, 0) is 42.8 Å². The van der Waals surface area contributed by atoms with Crippen LogP contribution in [0, 0.1) is 6.92 Å². The number of amides is 1. The number of methoxy groups -OCH3 is 2. The number of carbonyl (C=O) groups is 1. The van der Waals surface area contributed by atoms with E-state index in [0.717, 1.165) is 22.7 Å². The van der Waals surface area contributed by atoms with Gasteiger partial charge in [0.15, 0.2) is 0 Å². The summed E-state index contributed by atoms with van der Waals surface area (Å²) in [5.41, 5.74) is 14.6. The standard InChI is InChI=1S/C8H11NO2.C8H9NO.C7H9N/c1-10-6-3-4-8(11-2)7(9)5-6;1-7(10)9-8-5-3-2-4-6-8;1-6-4-2-3-5-7(6)8/h3-5H,9H2,1-2H3;2-6H,1H3,(H,9,10);2-5H,8H2,1H3. The van der Waals surface area contributed by atoms with Crippen molar-refractivity contribution in [1.29, 1.82) is 0 Å². The molecule has 0 aromatic heterocycles. The van der Waals surface area contributed by atoms with Crippen LogP contribution in [-0.2, 0) is 4.79 Å². The van der Waals surface area contributed by atoms with Crippen molar-refractivity contribution in [2.45, 2.75) is 13.8 Å². The molecule has 0 unspecified atom stereocenters. The van der Waals surface area contributed by atoms with Crippen molar-refractivity contribution in [2.75, 3.05) is 31.0 Å². The first kappa shape index (κ1) is 23.4. The fourth-order valence-corrected chi connectivity index (χ4v) is 2.15. The lowest BCUT2D eigenvalue weighted by atomic mass is 10.2. The first-order valence-electron chi connectivity index (χ1n) is 8.98. The van der Waals surface area contributed by atoms with Gasteiger partial charge in [0.05, 0.1) is 19.9 Å². The number of aryl methyl sites for hydroxylation is 1. The molecule has 6 nitrogen and oxygen atoms in total. The van der Waals surface area contributed by atoms with Gasteiger partial charge in [0.2, 0.25) is 5.91 Å². The topological polar surface area (TPSA) is 99.6 Å². The highest BCUT2D eigenvalue weighted by molar-refractivity contribution is 5.88. The molecule has 154 valence electrons. The highest BCUT2D eigenvalue weighted by atomic mass is 16.5. The van der Waals surface area contributed by atoms with Crippen molar-refractivity contribution in [2.24, 2.45) is 0 Å². The van der Waals surface area contributed by atoms with Crippen LogP contribution in [0.1, 0.15) is 12.5 Å². The number of hydrogen-bond acceptors (Lipinski definition) is 5. The molecule has 0 radical (unpaired) electrons. The quantitative estimate of drug-likeness (QED) is 0.567. The maximum Gasteiger partial charge on any atom is 0.221 e. The van der Waals surface area contributed by atoms with Gasteiger partial charge in [-0.1, -0.05) is 36.4 Å². The molecule has 5 N–H and O–H groups in total. The number of nitrogen functional groups attached to an aromatic ring is 2. The summed E-state index contributed by atoms with van der Waals surface area (Å²) < 4.78 is 9.92. The number of nitrogens with one attached hydrogen (secondary N) is 1. The summed E-state index contributed by atoms with van der Waals surface area (Å²) in [5.74, 6) is 1.38. The van der Waals surface area contributed by atoms with Gasteiger partial charge in [-0.2, -0.15) is 0 Å². The molecule has 0 aliphatic carbocycles. The summed E-state index contributed by atoms with van der Waals surface area (Å²) in [4.78, 5) is 10.5. The van der Waals surface area contributed by atoms with Crippen LogP contribution < -0.4 is 26.3 Å². The largest absolute Gasteiger partial charge is 0.497 e. The normalized spacial score (nSPS) is 9.10. The molecule has 0 bridgehead atoms. The molecule has 6 heteroatoms. The molecule has 0 spiro atoms. The fourth-order valence-electron chi connectivity index (χ4n) is 2.15. The minimum Gasteiger partial charge on any atom is -0.497 e. The van der Waals surface area contributed by atoms with E-state index < -0.39 is 0 Å². The fraction of sp³-hybridized carbons (Fsp3) is 0.174. The monoisotopic (exact) mass is 395 g/mol. The Morgan fingerprint density at radius 3 is 1.90 bits per heavy atom. The van der Waals surface area contributed by atoms with Gasteiger partial charge in [-0.3, -0.25) is 4.79 Å². The minimum absolute atomic E-state index is 0.0359. The lowest BCUT2D eigenvalue weighted by Gasteiger charge is -2.05. The Morgan fingerprint density at radius 1 is 0.828 bits per heavy atom. The second-order valence-corrected chi connectivity index (χ2v) is 6.01. The average Bonchev–Trinajstić information content (AvgIpc) is 2.71. The Labute approximate surface area is 172 Å². The van der Waals surface area contributed by atoms with Gasteiger partial charge in [-0.25, -0.2) is 0 Å². The second-order valence-electron chi connectivity index (χ2n) is 6.01. The number of ether oxygens (including phenoxy) is 2. The van der Waals surface area contributed by atoms with Gasteiger partial charge in [0, 0.05) is 24.4 Å². The molecular weight excluding hydrogens is 366 g/mol. The Hall–Kier alpha value is -3.67. The summed E-state index contributed by atoms with van der Waals surface area (Å²) in [6.45, 7) is 3.49. The predicted molar refractivity (Wildman–Crippen MR) is 120 cm³/mol. The van der Waals surface area contributed by atoms with E-state index in [0.29, 0.717) is 11.4 Å². The lowest BCUT2D eigenvalue weighted by Crippen LogP contribution is -2.04. The van der Waals surface area contributed by atoms with Crippen molar-refractivity contribution in [1.82, 2.24) is 0 Å². The second kappa shape index (κ2) is 12.7. The highest BCUT2D eigenvalue weighted by Crippen LogP contribution is 2.25. The highest BCUT2D eigenvalue weighted by Gasteiger charge is 1.98. The Bertz CT molecular complexity index is 863. The van der Waals surface area contributed by atoms with E-state index in [9.17, 15) is 4.79 Å². The van der Waals surface area contributed by atoms with Crippen molar-refractivity contribution < 1.29 is 14.3 Å². The summed E-state index contributed by atoms with van der Waals surface area (Å²) in [7, 11) is 3.18. The third-order valence-electron chi connectivity index (χ3n) is 3.72. The molecular formula is C23H29N3O3. The minimum atomic E-state index is -0.0359. The first-order chi connectivity index (χ1) is 13.9. The van der Waals surface area contributed by atoms with Crippen LogP contribution in [0.3, 0.4) is 0 Å². The van der Waals surface area contributed by atoms with Gasteiger partial charge in [0.25, 0.3) is 0 Å².